The molecule has 7 aliphatic rings. The smallest absolute Gasteiger partial charge is 0.187 e. The second kappa shape index (κ2) is 16.5. The summed E-state index contributed by atoms with van der Waals surface area (Å²) in [5, 5.41) is 69.6. The zero-order valence-corrected chi connectivity index (χ0v) is 35.4. The van der Waals surface area contributed by atoms with Gasteiger partial charge in [-0.05, 0) is 71.6 Å². The fourth-order valence-corrected chi connectivity index (χ4v) is 12.5. The van der Waals surface area contributed by atoms with Crippen LogP contribution in [0.3, 0.4) is 0 Å². The van der Waals surface area contributed by atoms with Gasteiger partial charge < -0.3 is 73.3 Å². The molecule has 0 aromatic rings. The number of ether oxygens (including phenoxy) is 9. The summed E-state index contributed by atoms with van der Waals surface area (Å²) in [6, 6.07) is 0. The highest BCUT2D eigenvalue weighted by atomic mass is 16.8. The Labute approximate surface area is 341 Å². The van der Waals surface area contributed by atoms with Crippen LogP contribution in [-0.2, 0) is 47.4 Å². The van der Waals surface area contributed by atoms with Gasteiger partial charge in [-0.2, -0.15) is 0 Å². The number of ketones is 1. The Kier molecular flexibility index (Phi) is 12.8. The molecule has 3 saturated carbocycles. The summed E-state index contributed by atoms with van der Waals surface area (Å²) in [5.74, 6) is -1.69. The predicted octanol–water partition coefficient (Wildman–Crippen LogP) is 1.26. The van der Waals surface area contributed by atoms with Crippen LogP contribution in [0.2, 0.25) is 0 Å². The molecular weight excluding hydrogens is 760 g/mol. The van der Waals surface area contributed by atoms with E-state index >= 15 is 0 Å². The minimum Gasteiger partial charge on any atom is -0.390 e. The van der Waals surface area contributed by atoms with Crippen molar-refractivity contribution in [2.45, 2.75) is 202 Å². The molecule has 6 fully saturated rings. The zero-order valence-electron chi connectivity index (χ0n) is 35.4. The summed E-state index contributed by atoms with van der Waals surface area (Å²) in [4.78, 5) is 12.7. The topological polar surface area (TPSA) is 222 Å². The quantitative estimate of drug-likeness (QED) is 0.171. The van der Waals surface area contributed by atoms with Crippen molar-refractivity contribution in [3.8, 4) is 0 Å². The number of carbonyl (C=O) groups is 1. The first kappa shape index (κ1) is 44.9. The van der Waals surface area contributed by atoms with E-state index < -0.39 is 126 Å². The highest BCUT2D eigenvalue weighted by Gasteiger charge is 2.78. The first-order valence-corrected chi connectivity index (χ1v) is 21.2. The van der Waals surface area contributed by atoms with Crippen LogP contribution in [0.5, 0.6) is 0 Å². The van der Waals surface area contributed by atoms with Crippen molar-refractivity contribution in [1.82, 2.24) is 0 Å². The Balaban J connectivity index is 0.975. The molecule has 0 amide bonds. The molecule has 3 aliphatic heterocycles. The van der Waals surface area contributed by atoms with Crippen molar-refractivity contribution in [3.05, 3.63) is 11.6 Å². The lowest BCUT2D eigenvalue weighted by Gasteiger charge is -2.67. The Morgan fingerprint density at radius 2 is 1.34 bits per heavy atom. The maximum Gasteiger partial charge on any atom is 0.187 e. The lowest BCUT2D eigenvalue weighted by molar-refractivity contribution is -0.352. The van der Waals surface area contributed by atoms with E-state index in [1.54, 1.807) is 28.1 Å². The average molecular weight is 829 g/mol. The van der Waals surface area contributed by atoms with E-state index in [0.717, 1.165) is 5.57 Å². The monoisotopic (exact) mass is 828 g/mol. The van der Waals surface area contributed by atoms with Crippen molar-refractivity contribution in [3.63, 3.8) is 0 Å². The van der Waals surface area contributed by atoms with Crippen molar-refractivity contribution >= 4 is 5.78 Å². The molecule has 16 nitrogen and oxygen atoms in total. The van der Waals surface area contributed by atoms with Gasteiger partial charge in [-0.1, -0.05) is 25.5 Å². The van der Waals surface area contributed by atoms with Crippen LogP contribution in [0, 0.1) is 22.7 Å². The molecule has 7 rings (SSSR count). The average Bonchev–Trinajstić information content (AvgIpc) is 3.47. The Bertz CT molecular complexity index is 1510. The van der Waals surface area contributed by atoms with Crippen LogP contribution in [0.1, 0.15) is 92.9 Å². The summed E-state index contributed by atoms with van der Waals surface area (Å²) in [6.07, 6.45) is -7.18. The fourth-order valence-electron chi connectivity index (χ4n) is 12.5. The number of Topliss-reactive ketones (excluding diaryl/α,β-unsaturated/α-hetero) is 1. The predicted molar refractivity (Wildman–Crippen MR) is 203 cm³/mol. The van der Waals surface area contributed by atoms with E-state index in [1.807, 2.05) is 26.8 Å². The van der Waals surface area contributed by atoms with Crippen LogP contribution in [0.15, 0.2) is 11.6 Å². The van der Waals surface area contributed by atoms with E-state index in [0.29, 0.717) is 38.5 Å². The Hall–Kier alpha value is -1.19. The van der Waals surface area contributed by atoms with E-state index in [9.17, 15) is 35.4 Å². The summed E-state index contributed by atoms with van der Waals surface area (Å²) < 4.78 is 55.0. The van der Waals surface area contributed by atoms with Crippen molar-refractivity contribution in [2.24, 2.45) is 22.7 Å². The zero-order chi connectivity index (χ0) is 42.3. The Morgan fingerprint density at radius 1 is 0.741 bits per heavy atom. The minimum atomic E-state index is -1.76. The van der Waals surface area contributed by atoms with Crippen LogP contribution >= 0.6 is 0 Å². The summed E-state index contributed by atoms with van der Waals surface area (Å²) in [7, 11) is 4.60. The molecule has 6 N–H and O–H groups in total. The van der Waals surface area contributed by atoms with Crippen LogP contribution in [0.25, 0.3) is 0 Å². The minimum absolute atomic E-state index is 0.0874. The maximum absolute atomic E-state index is 12.7. The standard InChI is InChI=1S/C42H68O16/c1-19(43)25-12-15-42(49)40(25,6)37(47)32(46)36-39(5)13-11-24(16-23(39)10-14-41(36,42)48)56-28-17-26(50-7)33(21(3)53-28)57-29-18-27(51-8)34(22(4)54-29)58-38-31(45)35(52-9)30(44)20(2)55-38/h10,20-22,24-38,44-49H,11-18H2,1-9H3/t20-,21-,22-,24+,25+,26+,27+,28+,29+,30-,31-,32+,33-,34-,35-,36-,37-,38+,39+,40+,41+,42-/m1/s1. The maximum atomic E-state index is 12.7. The number of fused-ring (bicyclic) bond motifs is 5. The normalized spacial score (nSPS) is 54.6. The highest BCUT2D eigenvalue weighted by Crippen LogP contribution is 2.69. The number of aliphatic hydroxyl groups is 6. The second-order valence-corrected chi connectivity index (χ2v) is 18.7. The number of aliphatic hydroxyl groups excluding tert-OH is 4. The summed E-state index contributed by atoms with van der Waals surface area (Å²) in [6.45, 7) is 10.5. The molecule has 58 heavy (non-hydrogen) atoms. The van der Waals surface area contributed by atoms with E-state index in [-0.39, 0.29) is 24.7 Å². The van der Waals surface area contributed by atoms with E-state index in [4.69, 9.17) is 42.6 Å². The number of methoxy groups -OCH3 is 3. The van der Waals surface area contributed by atoms with Gasteiger partial charge in [0.05, 0.1) is 48.8 Å². The van der Waals surface area contributed by atoms with Gasteiger partial charge >= 0.3 is 0 Å². The largest absolute Gasteiger partial charge is 0.390 e. The fraction of sp³-hybridized carbons (Fsp3) is 0.929. The first-order chi connectivity index (χ1) is 27.3. The van der Waals surface area contributed by atoms with Gasteiger partial charge in [-0.15, -0.1) is 0 Å². The highest BCUT2D eigenvalue weighted by molar-refractivity contribution is 5.80. The van der Waals surface area contributed by atoms with E-state index in [1.165, 1.54) is 14.0 Å². The molecule has 0 radical (unpaired) electrons. The molecule has 0 spiro atoms. The van der Waals surface area contributed by atoms with Gasteiger partial charge in [0, 0.05) is 51.4 Å². The third kappa shape index (κ3) is 6.98. The van der Waals surface area contributed by atoms with Crippen molar-refractivity contribution in [2.75, 3.05) is 21.3 Å². The summed E-state index contributed by atoms with van der Waals surface area (Å²) >= 11 is 0. The number of carbonyl (C=O) groups excluding carboxylic acids is 1. The van der Waals surface area contributed by atoms with Crippen molar-refractivity contribution < 1.29 is 78.1 Å². The third-order valence-corrected chi connectivity index (χ3v) is 15.8. The molecular formula is C42H68O16. The van der Waals surface area contributed by atoms with Gasteiger partial charge in [0.1, 0.15) is 47.5 Å². The van der Waals surface area contributed by atoms with Gasteiger partial charge in [-0.3, -0.25) is 4.79 Å². The van der Waals surface area contributed by atoms with Gasteiger partial charge in [0.15, 0.2) is 18.9 Å². The molecule has 16 heteroatoms. The third-order valence-electron chi connectivity index (χ3n) is 15.8. The molecule has 3 saturated heterocycles. The van der Waals surface area contributed by atoms with Gasteiger partial charge in [0.25, 0.3) is 0 Å². The SMILES string of the molecule is CO[C@H]1[C@@H](O)[C@H](O[C@H]2[C@@H](OC)C[C@H](O[C@H]3[C@@H](OC)C[C@H](O[C@H]4CC[C@@]5(C)C(=CC[C@]6(O)[C@@H]5[C@H](O)[C@@H](O)[C@]5(C)[C@H](C(C)=O)CC[C@@]56O)C4)O[C@@H]3C)O[C@@H]2C)O[C@H](C)[C@H]1O. The molecule has 4 aliphatic carbocycles. The number of rotatable bonds is 10. The molecule has 3 heterocycles. The first-order valence-electron chi connectivity index (χ1n) is 21.2. The number of hydrogen-bond donors (Lipinski definition) is 6. The van der Waals surface area contributed by atoms with Crippen molar-refractivity contribution in [1.29, 1.82) is 0 Å². The van der Waals surface area contributed by atoms with Gasteiger partial charge in [-0.25, -0.2) is 0 Å². The molecule has 332 valence electrons. The van der Waals surface area contributed by atoms with Crippen LogP contribution in [-0.4, -0.2) is 167 Å². The molecule has 0 aromatic carbocycles. The lowest BCUT2D eigenvalue weighted by atomic mass is 9.42. The molecule has 0 unspecified atom stereocenters. The lowest BCUT2D eigenvalue weighted by Crippen LogP contribution is -2.79. The van der Waals surface area contributed by atoms with Crippen LogP contribution < -0.4 is 0 Å². The van der Waals surface area contributed by atoms with Crippen LogP contribution in [0.4, 0.5) is 0 Å². The molecule has 22 atom stereocenters. The summed E-state index contributed by atoms with van der Waals surface area (Å²) in [5.41, 5.74) is -4.62. The van der Waals surface area contributed by atoms with Gasteiger partial charge in [0.2, 0.25) is 0 Å². The number of hydrogen-bond acceptors (Lipinski definition) is 16. The molecule has 0 aromatic heterocycles. The second-order valence-electron chi connectivity index (χ2n) is 18.7. The van der Waals surface area contributed by atoms with E-state index in [2.05, 4.69) is 0 Å². The Morgan fingerprint density at radius 3 is 1.93 bits per heavy atom. The molecule has 0 bridgehead atoms.